The van der Waals surface area contributed by atoms with Crippen LogP contribution in [-0.2, 0) is 4.79 Å². The van der Waals surface area contributed by atoms with E-state index in [1.54, 1.807) is 25.4 Å². The Morgan fingerprint density at radius 2 is 2.47 bits per heavy atom. The fourth-order valence-electron chi connectivity index (χ4n) is 1.97. The van der Waals surface area contributed by atoms with E-state index in [1.165, 1.54) is 0 Å². The molecule has 1 unspecified atom stereocenters. The number of carboxylic acid groups (broad SMARTS) is 1. The summed E-state index contributed by atoms with van der Waals surface area (Å²) in [6.07, 6.45) is 2.05. The highest BCUT2D eigenvalue weighted by atomic mass is 16.5. The molecule has 17 heavy (non-hydrogen) atoms. The Bertz CT molecular complexity index is 438. The second kappa shape index (κ2) is 4.21. The largest absolute Gasteiger partial charge is 0.493 e. The first kappa shape index (κ1) is 11.7. The summed E-state index contributed by atoms with van der Waals surface area (Å²) in [5, 5.41) is 9.06. The molecule has 0 bridgehead atoms. The van der Waals surface area contributed by atoms with Gasteiger partial charge in [-0.05, 0) is 18.6 Å². The smallest absolute Gasteiger partial charge is 0.325 e. The molecule has 6 heteroatoms. The van der Waals surface area contributed by atoms with Gasteiger partial charge in [-0.25, -0.2) is 4.98 Å². The summed E-state index contributed by atoms with van der Waals surface area (Å²) >= 11 is 0. The Hall–Kier alpha value is -1.82. The van der Waals surface area contributed by atoms with E-state index >= 15 is 0 Å². The molecule has 1 aliphatic heterocycles. The molecule has 1 aromatic rings. The van der Waals surface area contributed by atoms with E-state index in [-0.39, 0.29) is 6.54 Å². The third-order valence-electron chi connectivity index (χ3n) is 3.00. The van der Waals surface area contributed by atoms with E-state index in [0.29, 0.717) is 24.5 Å². The molecule has 1 fully saturated rings. The van der Waals surface area contributed by atoms with E-state index in [9.17, 15) is 4.79 Å². The SMILES string of the molecule is COc1cccnc1N1CCC(N)(C(=O)O)C1. The van der Waals surface area contributed by atoms with Crippen LogP contribution in [0.4, 0.5) is 5.82 Å². The maximum Gasteiger partial charge on any atom is 0.325 e. The first-order valence-corrected chi connectivity index (χ1v) is 5.33. The highest BCUT2D eigenvalue weighted by molar-refractivity contribution is 5.80. The van der Waals surface area contributed by atoms with Crippen molar-refractivity contribution in [3.63, 3.8) is 0 Å². The molecule has 1 atom stereocenters. The van der Waals surface area contributed by atoms with Crippen LogP contribution in [0.1, 0.15) is 6.42 Å². The van der Waals surface area contributed by atoms with Crippen LogP contribution in [0.3, 0.4) is 0 Å². The van der Waals surface area contributed by atoms with Gasteiger partial charge in [0.2, 0.25) is 0 Å². The van der Waals surface area contributed by atoms with Crippen molar-refractivity contribution in [2.75, 3.05) is 25.1 Å². The zero-order valence-electron chi connectivity index (χ0n) is 9.59. The van der Waals surface area contributed by atoms with Crippen LogP contribution in [-0.4, -0.2) is 41.8 Å². The summed E-state index contributed by atoms with van der Waals surface area (Å²) in [7, 11) is 1.56. The van der Waals surface area contributed by atoms with Crippen LogP contribution in [0.15, 0.2) is 18.3 Å². The van der Waals surface area contributed by atoms with Gasteiger partial charge in [-0.1, -0.05) is 0 Å². The van der Waals surface area contributed by atoms with Crippen LogP contribution in [0, 0.1) is 0 Å². The zero-order valence-corrected chi connectivity index (χ0v) is 9.59. The molecule has 0 radical (unpaired) electrons. The van der Waals surface area contributed by atoms with Gasteiger partial charge in [0.1, 0.15) is 5.54 Å². The number of nitrogens with two attached hydrogens (primary N) is 1. The Morgan fingerprint density at radius 1 is 1.71 bits per heavy atom. The molecule has 92 valence electrons. The number of aromatic nitrogens is 1. The van der Waals surface area contributed by atoms with Gasteiger partial charge < -0.3 is 20.5 Å². The van der Waals surface area contributed by atoms with E-state index in [0.717, 1.165) is 0 Å². The van der Waals surface area contributed by atoms with Gasteiger partial charge in [-0.3, -0.25) is 4.79 Å². The number of anilines is 1. The number of hydrogen-bond acceptors (Lipinski definition) is 5. The van der Waals surface area contributed by atoms with Gasteiger partial charge in [0.15, 0.2) is 11.6 Å². The third-order valence-corrected chi connectivity index (χ3v) is 3.00. The second-order valence-electron chi connectivity index (χ2n) is 4.16. The highest BCUT2D eigenvalue weighted by Gasteiger charge is 2.42. The van der Waals surface area contributed by atoms with Crippen LogP contribution in [0.2, 0.25) is 0 Å². The lowest BCUT2D eigenvalue weighted by atomic mass is 10.0. The second-order valence-corrected chi connectivity index (χ2v) is 4.16. The van der Waals surface area contributed by atoms with Crippen molar-refractivity contribution in [3.8, 4) is 5.75 Å². The summed E-state index contributed by atoms with van der Waals surface area (Å²) < 4.78 is 5.19. The summed E-state index contributed by atoms with van der Waals surface area (Å²) in [6.45, 7) is 0.811. The van der Waals surface area contributed by atoms with Crippen molar-refractivity contribution in [1.82, 2.24) is 4.98 Å². The zero-order chi connectivity index (χ0) is 12.5. The van der Waals surface area contributed by atoms with E-state index in [4.69, 9.17) is 15.6 Å². The van der Waals surface area contributed by atoms with E-state index in [2.05, 4.69) is 4.98 Å². The van der Waals surface area contributed by atoms with Crippen molar-refractivity contribution in [2.45, 2.75) is 12.0 Å². The predicted molar refractivity (Wildman–Crippen MR) is 62.2 cm³/mol. The maximum atomic E-state index is 11.1. The van der Waals surface area contributed by atoms with Gasteiger partial charge in [0.05, 0.1) is 7.11 Å². The van der Waals surface area contributed by atoms with E-state index < -0.39 is 11.5 Å². The van der Waals surface area contributed by atoms with Crippen LogP contribution in [0.25, 0.3) is 0 Å². The Labute approximate surface area is 99.0 Å². The first-order chi connectivity index (χ1) is 8.07. The number of rotatable bonds is 3. The van der Waals surface area contributed by atoms with Crippen molar-refractivity contribution in [3.05, 3.63) is 18.3 Å². The molecule has 0 saturated carbocycles. The van der Waals surface area contributed by atoms with Gasteiger partial charge in [-0.15, -0.1) is 0 Å². The Kier molecular flexibility index (Phi) is 2.89. The fourth-order valence-corrected chi connectivity index (χ4v) is 1.97. The van der Waals surface area contributed by atoms with Crippen molar-refractivity contribution >= 4 is 11.8 Å². The van der Waals surface area contributed by atoms with Crippen molar-refractivity contribution in [2.24, 2.45) is 5.73 Å². The lowest BCUT2D eigenvalue weighted by Crippen LogP contribution is -2.50. The molecule has 1 saturated heterocycles. The average Bonchev–Trinajstić information content (AvgIpc) is 2.73. The van der Waals surface area contributed by atoms with Crippen LogP contribution in [0.5, 0.6) is 5.75 Å². The Balaban J connectivity index is 2.23. The minimum absolute atomic E-state index is 0.246. The quantitative estimate of drug-likeness (QED) is 0.774. The fraction of sp³-hybridized carbons (Fsp3) is 0.455. The topological polar surface area (TPSA) is 88.7 Å². The first-order valence-electron chi connectivity index (χ1n) is 5.33. The molecule has 2 heterocycles. The molecule has 6 nitrogen and oxygen atoms in total. The van der Waals surface area contributed by atoms with Gasteiger partial charge in [-0.2, -0.15) is 0 Å². The monoisotopic (exact) mass is 237 g/mol. The Morgan fingerprint density at radius 3 is 3.06 bits per heavy atom. The summed E-state index contributed by atoms with van der Waals surface area (Å²) in [5.41, 5.74) is 4.62. The number of ether oxygens (including phenoxy) is 1. The van der Waals surface area contributed by atoms with E-state index in [1.807, 2.05) is 4.90 Å². The molecular weight excluding hydrogens is 222 g/mol. The lowest BCUT2D eigenvalue weighted by Gasteiger charge is -2.22. The molecule has 0 spiro atoms. The van der Waals surface area contributed by atoms with Crippen molar-refractivity contribution in [1.29, 1.82) is 0 Å². The van der Waals surface area contributed by atoms with Gasteiger partial charge >= 0.3 is 5.97 Å². The molecule has 0 amide bonds. The summed E-state index contributed by atoms with van der Waals surface area (Å²) in [6, 6.07) is 3.56. The molecule has 0 aliphatic carbocycles. The number of hydrogen-bond donors (Lipinski definition) is 2. The minimum atomic E-state index is -1.19. The molecule has 1 aliphatic rings. The van der Waals surface area contributed by atoms with Gasteiger partial charge in [0.25, 0.3) is 0 Å². The van der Waals surface area contributed by atoms with Gasteiger partial charge in [0, 0.05) is 19.3 Å². The molecule has 2 rings (SSSR count). The number of nitrogens with zero attached hydrogens (tertiary/aromatic N) is 2. The maximum absolute atomic E-state index is 11.1. The van der Waals surface area contributed by atoms with Crippen molar-refractivity contribution < 1.29 is 14.6 Å². The molecule has 1 aromatic heterocycles. The average molecular weight is 237 g/mol. The summed E-state index contributed by atoms with van der Waals surface area (Å²) in [5.74, 6) is 0.292. The summed E-state index contributed by atoms with van der Waals surface area (Å²) in [4.78, 5) is 17.1. The normalized spacial score (nSPS) is 23.8. The number of carbonyl (C=O) groups is 1. The standard InChI is InChI=1S/C11H15N3O3/c1-17-8-3-2-5-13-9(8)14-6-4-11(12,7-14)10(15)16/h2-3,5H,4,6-7,12H2,1H3,(H,15,16). The minimum Gasteiger partial charge on any atom is -0.493 e. The molecule has 0 aromatic carbocycles. The number of carboxylic acids is 1. The van der Waals surface area contributed by atoms with Crippen LogP contribution < -0.4 is 15.4 Å². The molecule has 3 N–H and O–H groups in total. The number of methoxy groups -OCH3 is 1. The lowest BCUT2D eigenvalue weighted by molar-refractivity contribution is -0.142. The predicted octanol–water partition coefficient (Wildman–Crippen LogP) is 0.0824. The van der Waals surface area contributed by atoms with Crippen LogP contribution >= 0.6 is 0 Å². The number of aliphatic carboxylic acids is 1. The third kappa shape index (κ3) is 2.03. The molecular formula is C11H15N3O3. The highest BCUT2D eigenvalue weighted by Crippen LogP contribution is 2.30. The number of pyridine rings is 1.